The molecule has 0 spiro atoms. The first-order chi connectivity index (χ1) is 9.84. The van der Waals surface area contributed by atoms with E-state index in [2.05, 4.69) is 35.7 Å². The summed E-state index contributed by atoms with van der Waals surface area (Å²) in [6.07, 6.45) is 0. The molecule has 0 bridgehead atoms. The van der Waals surface area contributed by atoms with Crippen molar-refractivity contribution in [3.63, 3.8) is 0 Å². The molecule has 0 unspecified atom stereocenters. The maximum absolute atomic E-state index is 12.3. The van der Waals surface area contributed by atoms with Crippen molar-refractivity contribution in [2.75, 3.05) is 0 Å². The van der Waals surface area contributed by atoms with Gasteiger partial charge in [0.1, 0.15) is 10.5 Å². The van der Waals surface area contributed by atoms with Crippen LogP contribution in [-0.2, 0) is 5.41 Å². The number of hydrogen-bond acceptors (Lipinski definition) is 4. The third-order valence-corrected chi connectivity index (χ3v) is 4.73. The Labute approximate surface area is 126 Å². The molecule has 3 aromatic rings. The molecule has 0 radical (unpaired) electrons. The van der Waals surface area contributed by atoms with Crippen molar-refractivity contribution in [1.82, 2.24) is 15.0 Å². The summed E-state index contributed by atoms with van der Waals surface area (Å²) in [5, 5.41) is 0.654. The van der Waals surface area contributed by atoms with Gasteiger partial charge in [-0.2, -0.15) is 0 Å². The third-order valence-electron chi connectivity index (χ3n) is 3.27. The first kappa shape index (κ1) is 13.9. The highest BCUT2D eigenvalue weighted by Gasteiger charge is 2.19. The number of aromatic amines is 1. The van der Waals surface area contributed by atoms with Gasteiger partial charge in [-0.15, -0.1) is 11.3 Å². The monoisotopic (exact) mass is 299 g/mol. The van der Waals surface area contributed by atoms with Gasteiger partial charge in [-0.1, -0.05) is 26.8 Å². The number of hydrogen-bond donors (Lipinski definition) is 1. The zero-order valence-electron chi connectivity index (χ0n) is 12.5. The lowest BCUT2D eigenvalue weighted by Gasteiger charge is -2.14. The molecule has 0 aromatic carbocycles. The van der Waals surface area contributed by atoms with E-state index in [1.807, 2.05) is 31.2 Å². The summed E-state index contributed by atoms with van der Waals surface area (Å²) in [6.45, 7) is 8.32. The van der Waals surface area contributed by atoms with Gasteiger partial charge in [-0.05, 0) is 30.5 Å². The molecule has 3 aromatic heterocycles. The van der Waals surface area contributed by atoms with E-state index in [0.29, 0.717) is 16.9 Å². The van der Waals surface area contributed by atoms with Crippen LogP contribution in [-0.4, -0.2) is 15.0 Å². The third kappa shape index (κ3) is 2.61. The van der Waals surface area contributed by atoms with Gasteiger partial charge >= 0.3 is 0 Å². The van der Waals surface area contributed by atoms with Crippen LogP contribution in [0.3, 0.4) is 0 Å². The van der Waals surface area contributed by atoms with Crippen LogP contribution in [0.25, 0.3) is 21.7 Å². The minimum absolute atomic E-state index is 0.0134. The smallest absolute Gasteiger partial charge is 0.259 e. The molecule has 0 atom stereocenters. The number of thiophene rings is 1. The summed E-state index contributed by atoms with van der Waals surface area (Å²) in [4.78, 5) is 26.0. The van der Waals surface area contributed by atoms with Crippen LogP contribution in [0.15, 0.2) is 29.1 Å². The van der Waals surface area contributed by atoms with Gasteiger partial charge in [-0.3, -0.25) is 4.79 Å². The highest BCUT2D eigenvalue weighted by atomic mass is 32.1. The quantitative estimate of drug-likeness (QED) is 0.746. The van der Waals surface area contributed by atoms with Gasteiger partial charge in [0.25, 0.3) is 5.56 Å². The van der Waals surface area contributed by atoms with E-state index in [4.69, 9.17) is 0 Å². The van der Waals surface area contributed by atoms with Crippen molar-refractivity contribution in [3.05, 3.63) is 45.2 Å². The summed E-state index contributed by atoms with van der Waals surface area (Å²) >= 11 is 1.57. The number of rotatable bonds is 1. The molecule has 108 valence electrons. The standard InChI is InChI=1S/C16H17N3OS/c1-9-6-5-7-11(17-9)13-18-14(20)10-8-12(16(2,3)4)21-15(10)19-13/h5-8H,1-4H3,(H,18,19,20). The lowest BCUT2D eigenvalue weighted by atomic mass is 9.94. The Bertz CT molecular complexity index is 871. The lowest BCUT2D eigenvalue weighted by Crippen LogP contribution is -2.09. The second-order valence-corrected chi connectivity index (χ2v) is 7.19. The van der Waals surface area contributed by atoms with Crippen LogP contribution in [0.2, 0.25) is 0 Å². The number of nitrogens with one attached hydrogen (secondary N) is 1. The second kappa shape index (κ2) is 4.77. The Hall–Kier alpha value is -2.01. The van der Waals surface area contributed by atoms with Gasteiger partial charge in [0, 0.05) is 10.6 Å². The zero-order valence-corrected chi connectivity index (χ0v) is 13.3. The largest absolute Gasteiger partial charge is 0.305 e. The van der Waals surface area contributed by atoms with Crippen molar-refractivity contribution in [2.45, 2.75) is 33.1 Å². The van der Waals surface area contributed by atoms with Crippen molar-refractivity contribution >= 4 is 21.6 Å². The number of aryl methyl sites for hydroxylation is 1. The maximum atomic E-state index is 12.3. The fourth-order valence-electron chi connectivity index (χ4n) is 2.10. The fraction of sp³-hybridized carbons (Fsp3) is 0.312. The molecule has 0 aliphatic rings. The summed E-state index contributed by atoms with van der Waals surface area (Å²) in [5.41, 5.74) is 1.50. The van der Waals surface area contributed by atoms with E-state index in [1.54, 1.807) is 11.3 Å². The summed E-state index contributed by atoms with van der Waals surface area (Å²) in [7, 11) is 0. The molecule has 1 N–H and O–H groups in total. The number of nitrogens with zero attached hydrogens (tertiary/aromatic N) is 2. The van der Waals surface area contributed by atoms with E-state index in [-0.39, 0.29) is 11.0 Å². The average molecular weight is 299 g/mol. The fourth-order valence-corrected chi connectivity index (χ4v) is 3.19. The second-order valence-electron chi connectivity index (χ2n) is 6.16. The van der Waals surface area contributed by atoms with Crippen LogP contribution in [0, 0.1) is 6.92 Å². The van der Waals surface area contributed by atoms with Crippen molar-refractivity contribution in [1.29, 1.82) is 0 Å². The minimum atomic E-state index is -0.106. The van der Waals surface area contributed by atoms with Gasteiger partial charge in [0.05, 0.1) is 5.39 Å². The summed E-state index contributed by atoms with van der Waals surface area (Å²) < 4.78 is 0. The Morgan fingerprint density at radius 1 is 1.19 bits per heavy atom. The molecule has 5 heteroatoms. The Morgan fingerprint density at radius 2 is 1.95 bits per heavy atom. The van der Waals surface area contributed by atoms with Gasteiger partial charge in [0.2, 0.25) is 0 Å². The highest BCUT2D eigenvalue weighted by Crippen LogP contribution is 2.32. The Morgan fingerprint density at radius 3 is 2.62 bits per heavy atom. The number of pyridine rings is 1. The highest BCUT2D eigenvalue weighted by molar-refractivity contribution is 7.18. The van der Waals surface area contributed by atoms with E-state index in [9.17, 15) is 4.79 Å². The molecule has 4 nitrogen and oxygen atoms in total. The van der Waals surface area contributed by atoms with Gasteiger partial charge < -0.3 is 4.98 Å². The predicted molar refractivity (Wildman–Crippen MR) is 86.9 cm³/mol. The van der Waals surface area contributed by atoms with Crippen LogP contribution >= 0.6 is 11.3 Å². The Kier molecular flexibility index (Phi) is 3.17. The predicted octanol–water partition coefficient (Wildman–Crippen LogP) is 3.65. The van der Waals surface area contributed by atoms with Crippen LogP contribution in [0.4, 0.5) is 0 Å². The van der Waals surface area contributed by atoms with Gasteiger partial charge in [-0.25, -0.2) is 9.97 Å². The van der Waals surface area contributed by atoms with Crippen molar-refractivity contribution in [3.8, 4) is 11.5 Å². The Balaban J connectivity index is 2.21. The minimum Gasteiger partial charge on any atom is -0.305 e. The van der Waals surface area contributed by atoms with Crippen molar-refractivity contribution < 1.29 is 0 Å². The van der Waals surface area contributed by atoms with Crippen LogP contribution in [0.5, 0.6) is 0 Å². The van der Waals surface area contributed by atoms with E-state index < -0.39 is 0 Å². The number of aromatic nitrogens is 3. The summed E-state index contributed by atoms with van der Waals surface area (Å²) in [6, 6.07) is 7.63. The van der Waals surface area contributed by atoms with Crippen LogP contribution < -0.4 is 5.56 Å². The van der Waals surface area contributed by atoms with E-state index >= 15 is 0 Å². The molecule has 3 heterocycles. The maximum Gasteiger partial charge on any atom is 0.259 e. The molecule has 0 aliphatic carbocycles. The first-order valence-corrected chi connectivity index (χ1v) is 7.64. The van der Waals surface area contributed by atoms with E-state index in [0.717, 1.165) is 15.4 Å². The van der Waals surface area contributed by atoms with Crippen molar-refractivity contribution in [2.24, 2.45) is 0 Å². The van der Waals surface area contributed by atoms with Crippen LogP contribution in [0.1, 0.15) is 31.3 Å². The SMILES string of the molecule is Cc1cccc(-c2nc3sc(C(C)(C)C)cc3c(=O)[nH]2)n1. The lowest BCUT2D eigenvalue weighted by molar-refractivity contribution is 0.604. The molecule has 0 fully saturated rings. The molecular weight excluding hydrogens is 282 g/mol. The van der Waals surface area contributed by atoms with Gasteiger partial charge in [0.15, 0.2) is 5.82 Å². The normalized spacial score (nSPS) is 12.0. The number of fused-ring (bicyclic) bond motifs is 1. The molecule has 0 saturated heterocycles. The zero-order chi connectivity index (χ0) is 15.2. The molecule has 3 rings (SSSR count). The first-order valence-electron chi connectivity index (χ1n) is 6.83. The van der Waals surface area contributed by atoms with E-state index in [1.165, 1.54) is 0 Å². The molecule has 0 saturated carbocycles. The molecule has 21 heavy (non-hydrogen) atoms. The molecule has 0 aliphatic heterocycles. The molecule has 0 amide bonds. The average Bonchev–Trinajstić information content (AvgIpc) is 2.83. The summed E-state index contributed by atoms with van der Waals surface area (Å²) in [5.74, 6) is 0.526. The number of H-pyrrole nitrogens is 1. The topological polar surface area (TPSA) is 58.6 Å². The molecular formula is C16H17N3OS.